The van der Waals surface area contributed by atoms with Crippen LogP contribution in [0.2, 0.25) is 0 Å². The number of carbonyl (C=O) groups excluding carboxylic acids is 2. The van der Waals surface area contributed by atoms with Crippen LogP contribution < -0.4 is 9.54 Å². The van der Waals surface area contributed by atoms with Gasteiger partial charge in [0.2, 0.25) is 0 Å². The van der Waals surface area contributed by atoms with Crippen molar-refractivity contribution in [1.29, 1.82) is 0 Å². The summed E-state index contributed by atoms with van der Waals surface area (Å²) in [6, 6.07) is 10.8. The quantitative estimate of drug-likeness (QED) is 0.369. The van der Waals surface area contributed by atoms with Gasteiger partial charge in [0.1, 0.15) is 17.9 Å². The molecule has 28 heavy (non-hydrogen) atoms. The number of benzene rings is 2. The summed E-state index contributed by atoms with van der Waals surface area (Å²) in [4.78, 5) is 39.2. The number of aromatic nitrogens is 1. The number of thiazole rings is 1. The van der Waals surface area contributed by atoms with Gasteiger partial charge in [-0.05, 0) is 24.3 Å². The second kappa shape index (κ2) is 8.01. The number of hydrogen-bond acceptors (Lipinski definition) is 7. The fraction of sp³-hybridized carbons (Fsp3) is 0.167. The number of ether oxygens (including phenoxy) is 2. The van der Waals surface area contributed by atoms with E-state index in [1.807, 2.05) is 0 Å². The highest BCUT2D eigenvalue weighted by molar-refractivity contribution is 7.16. The summed E-state index contributed by atoms with van der Waals surface area (Å²) < 4.78 is 12.2. The maximum atomic E-state index is 12.6. The molecule has 10 heteroatoms. The van der Waals surface area contributed by atoms with Gasteiger partial charge in [-0.1, -0.05) is 23.5 Å². The molecule has 3 aromatic rings. The van der Waals surface area contributed by atoms with Crippen molar-refractivity contribution in [2.24, 2.45) is 4.99 Å². The zero-order valence-electron chi connectivity index (χ0n) is 14.9. The van der Waals surface area contributed by atoms with Gasteiger partial charge in [-0.25, -0.2) is 0 Å². The summed E-state index contributed by atoms with van der Waals surface area (Å²) >= 11 is 1.16. The van der Waals surface area contributed by atoms with Gasteiger partial charge in [-0.2, -0.15) is 4.99 Å². The molecule has 3 rings (SSSR count). The summed E-state index contributed by atoms with van der Waals surface area (Å²) in [6.07, 6.45) is 0. The van der Waals surface area contributed by atoms with Crippen LogP contribution in [0.25, 0.3) is 10.2 Å². The molecule has 0 aliphatic carbocycles. The smallest absolute Gasteiger partial charge is 0.325 e. The van der Waals surface area contributed by atoms with Crippen molar-refractivity contribution >= 4 is 39.1 Å². The van der Waals surface area contributed by atoms with E-state index in [0.29, 0.717) is 11.3 Å². The molecule has 1 amide bonds. The fourth-order valence-corrected chi connectivity index (χ4v) is 3.63. The third-order valence-electron chi connectivity index (χ3n) is 3.93. The molecule has 0 fully saturated rings. The van der Waals surface area contributed by atoms with Gasteiger partial charge in [0, 0.05) is 6.07 Å². The molecule has 0 unspecified atom stereocenters. The maximum Gasteiger partial charge on any atom is 0.325 e. The van der Waals surface area contributed by atoms with Crippen LogP contribution in [-0.2, 0) is 16.1 Å². The number of nitrogens with zero attached hydrogens (tertiary/aromatic N) is 3. The van der Waals surface area contributed by atoms with Crippen molar-refractivity contribution in [2.45, 2.75) is 6.54 Å². The SMILES string of the molecule is COC(=O)Cn1c(=NC(=O)c2ccccc2[N+](=O)[O-])sc2cc(OC)ccc21. The van der Waals surface area contributed by atoms with Crippen molar-refractivity contribution in [3.63, 3.8) is 0 Å². The van der Waals surface area contributed by atoms with E-state index in [9.17, 15) is 19.7 Å². The van der Waals surface area contributed by atoms with E-state index in [1.54, 1.807) is 18.2 Å². The molecule has 0 spiro atoms. The first-order chi connectivity index (χ1) is 13.4. The average Bonchev–Trinajstić information content (AvgIpc) is 3.03. The number of esters is 1. The highest BCUT2D eigenvalue weighted by atomic mass is 32.1. The Bertz CT molecular complexity index is 1150. The maximum absolute atomic E-state index is 12.6. The summed E-state index contributed by atoms with van der Waals surface area (Å²) in [5.74, 6) is -0.685. The van der Waals surface area contributed by atoms with Gasteiger partial charge in [0.05, 0.1) is 29.4 Å². The standard InChI is InChI=1S/C18H15N3O6S/c1-26-11-7-8-14-15(9-11)28-18(20(14)10-16(22)27-2)19-17(23)12-5-3-4-6-13(12)21(24)25/h3-9H,10H2,1-2H3. The third-order valence-corrected chi connectivity index (χ3v) is 4.97. The third kappa shape index (κ3) is 3.76. The van der Waals surface area contributed by atoms with E-state index in [2.05, 4.69) is 4.99 Å². The van der Waals surface area contributed by atoms with Crippen LogP contribution in [0.3, 0.4) is 0 Å². The number of para-hydroxylation sites is 1. The molecule has 1 aromatic heterocycles. The van der Waals surface area contributed by atoms with Crippen LogP contribution in [0.5, 0.6) is 5.75 Å². The largest absolute Gasteiger partial charge is 0.497 e. The van der Waals surface area contributed by atoms with Crippen molar-refractivity contribution < 1.29 is 24.0 Å². The normalized spacial score (nSPS) is 11.4. The summed E-state index contributed by atoms with van der Waals surface area (Å²) in [6.45, 7) is -0.161. The van der Waals surface area contributed by atoms with Crippen molar-refractivity contribution in [2.75, 3.05) is 14.2 Å². The molecule has 144 valence electrons. The van der Waals surface area contributed by atoms with Crippen LogP contribution in [0.15, 0.2) is 47.5 Å². The lowest BCUT2D eigenvalue weighted by atomic mass is 10.2. The van der Waals surface area contributed by atoms with Crippen LogP contribution in [0.4, 0.5) is 5.69 Å². The number of fused-ring (bicyclic) bond motifs is 1. The summed E-state index contributed by atoms with van der Waals surface area (Å²) in [7, 11) is 2.79. The van der Waals surface area contributed by atoms with Crippen molar-refractivity contribution in [3.05, 3.63) is 62.9 Å². The Labute approximate surface area is 162 Å². The van der Waals surface area contributed by atoms with E-state index in [1.165, 1.54) is 43.1 Å². The van der Waals surface area contributed by atoms with Crippen molar-refractivity contribution in [1.82, 2.24) is 4.57 Å². The van der Waals surface area contributed by atoms with Gasteiger partial charge in [-0.3, -0.25) is 19.7 Å². The Balaban J connectivity index is 2.18. The Kier molecular flexibility index (Phi) is 5.50. The Morgan fingerprint density at radius 3 is 2.64 bits per heavy atom. The van der Waals surface area contributed by atoms with Gasteiger partial charge in [0.25, 0.3) is 11.6 Å². The van der Waals surface area contributed by atoms with E-state index in [0.717, 1.165) is 16.0 Å². The molecular formula is C18H15N3O6S. The van der Waals surface area contributed by atoms with Gasteiger partial charge < -0.3 is 14.0 Å². The molecule has 0 saturated carbocycles. The number of methoxy groups -OCH3 is 2. The van der Waals surface area contributed by atoms with Gasteiger partial charge in [0.15, 0.2) is 4.80 Å². The monoisotopic (exact) mass is 401 g/mol. The van der Waals surface area contributed by atoms with Crippen LogP contribution in [-0.4, -0.2) is 35.6 Å². The molecular weight excluding hydrogens is 386 g/mol. The first-order valence-electron chi connectivity index (χ1n) is 8.01. The zero-order chi connectivity index (χ0) is 20.3. The molecule has 0 atom stereocenters. The zero-order valence-corrected chi connectivity index (χ0v) is 15.8. The predicted octanol–water partition coefficient (Wildman–Crippen LogP) is 2.53. The van der Waals surface area contributed by atoms with Crippen LogP contribution in [0, 0.1) is 10.1 Å². The predicted molar refractivity (Wildman–Crippen MR) is 101 cm³/mol. The Hall–Kier alpha value is -3.53. The number of carbonyl (C=O) groups is 2. The molecule has 0 aliphatic heterocycles. The minimum atomic E-state index is -0.774. The Morgan fingerprint density at radius 1 is 1.21 bits per heavy atom. The molecule has 2 aromatic carbocycles. The number of nitro benzene ring substituents is 1. The molecule has 1 heterocycles. The van der Waals surface area contributed by atoms with Gasteiger partial charge in [-0.15, -0.1) is 0 Å². The van der Waals surface area contributed by atoms with Gasteiger partial charge >= 0.3 is 5.97 Å². The lowest BCUT2D eigenvalue weighted by Gasteiger charge is -2.04. The first-order valence-corrected chi connectivity index (χ1v) is 8.83. The molecule has 0 bridgehead atoms. The Morgan fingerprint density at radius 2 is 1.96 bits per heavy atom. The molecule has 0 radical (unpaired) electrons. The highest BCUT2D eigenvalue weighted by Crippen LogP contribution is 2.24. The fourth-order valence-electron chi connectivity index (χ4n) is 2.57. The number of amides is 1. The molecule has 0 N–H and O–H groups in total. The molecule has 0 aliphatic rings. The van der Waals surface area contributed by atoms with E-state index in [-0.39, 0.29) is 22.6 Å². The lowest BCUT2D eigenvalue weighted by Crippen LogP contribution is -2.22. The summed E-state index contributed by atoms with van der Waals surface area (Å²) in [5, 5.41) is 11.2. The molecule has 0 saturated heterocycles. The minimum absolute atomic E-state index is 0.132. The van der Waals surface area contributed by atoms with Crippen molar-refractivity contribution in [3.8, 4) is 5.75 Å². The number of nitro groups is 1. The van der Waals surface area contributed by atoms with E-state index >= 15 is 0 Å². The number of hydrogen-bond donors (Lipinski definition) is 0. The average molecular weight is 401 g/mol. The van der Waals surface area contributed by atoms with E-state index < -0.39 is 16.8 Å². The van der Waals surface area contributed by atoms with Crippen LogP contribution >= 0.6 is 11.3 Å². The van der Waals surface area contributed by atoms with Crippen LogP contribution in [0.1, 0.15) is 10.4 Å². The summed E-state index contributed by atoms with van der Waals surface area (Å²) in [5.41, 5.74) is 0.191. The topological polar surface area (TPSA) is 113 Å². The first kappa shape index (κ1) is 19.2. The minimum Gasteiger partial charge on any atom is -0.497 e. The highest BCUT2D eigenvalue weighted by Gasteiger charge is 2.20. The second-order valence-corrected chi connectivity index (χ2v) is 6.58. The lowest BCUT2D eigenvalue weighted by molar-refractivity contribution is -0.385. The second-order valence-electron chi connectivity index (χ2n) is 5.57. The molecule has 9 nitrogen and oxygen atoms in total. The van der Waals surface area contributed by atoms with E-state index in [4.69, 9.17) is 9.47 Å². The number of rotatable bonds is 5.